The minimum atomic E-state index is -0.725. The molecular weight excluding hydrogens is 116 g/mol. The van der Waals surface area contributed by atoms with Gasteiger partial charge in [0.05, 0.1) is 0 Å². The van der Waals surface area contributed by atoms with Crippen molar-refractivity contribution in [3.63, 3.8) is 0 Å². The Hall–Kier alpha value is -0.530. The lowest BCUT2D eigenvalue weighted by Gasteiger charge is -2.03. The van der Waals surface area contributed by atoms with E-state index in [9.17, 15) is 4.79 Å². The van der Waals surface area contributed by atoms with Crippen molar-refractivity contribution in [2.75, 3.05) is 0 Å². The van der Waals surface area contributed by atoms with Gasteiger partial charge in [0.15, 0.2) is 0 Å². The molecule has 2 nitrogen and oxygen atoms in total. The Morgan fingerprint density at radius 2 is 2.33 bits per heavy atom. The van der Waals surface area contributed by atoms with Crippen molar-refractivity contribution in [1.82, 2.24) is 0 Å². The van der Waals surface area contributed by atoms with Crippen LogP contribution in [0.3, 0.4) is 0 Å². The van der Waals surface area contributed by atoms with Crippen molar-refractivity contribution in [3.05, 3.63) is 6.92 Å². The fourth-order valence-electron chi connectivity index (χ4n) is 0.532. The lowest BCUT2D eigenvalue weighted by atomic mass is 10.0. The molecule has 2 heteroatoms. The van der Waals surface area contributed by atoms with Crippen LogP contribution in [-0.4, -0.2) is 11.1 Å². The standard InChI is InChI=1S/C7H13O2/c1-3-6(2)4-5-7(8)9/h6H,2-5H2,1H3,(H,8,9). The Morgan fingerprint density at radius 1 is 1.78 bits per heavy atom. The van der Waals surface area contributed by atoms with E-state index in [2.05, 4.69) is 6.92 Å². The monoisotopic (exact) mass is 129 g/mol. The van der Waals surface area contributed by atoms with Crippen LogP contribution in [0.15, 0.2) is 0 Å². The van der Waals surface area contributed by atoms with Crippen LogP contribution in [-0.2, 0) is 4.79 Å². The molecule has 0 aliphatic rings. The number of carbonyl (C=O) groups is 1. The molecule has 0 aromatic rings. The van der Waals surface area contributed by atoms with Crippen molar-refractivity contribution in [2.24, 2.45) is 5.92 Å². The largest absolute Gasteiger partial charge is 0.481 e. The van der Waals surface area contributed by atoms with E-state index >= 15 is 0 Å². The van der Waals surface area contributed by atoms with Gasteiger partial charge in [0.25, 0.3) is 0 Å². The van der Waals surface area contributed by atoms with Gasteiger partial charge >= 0.3 is 5.97 Å². The van der Waals surface area contributed by atoms with Gasteiger partial charge in [-0.2, -0.15) is 0 Å². The molecule has 0 bridgehead atoms. The minimum absolute atomic E-state index is 0.252. The van der Waals surface area contributed by atoms with Crippen LogP contribution in [0.1, 0.15) is 26.2 Å². The summed E-state index contributed by atoms with van der Waals surface area (Å²) in [5.41, 5.74) is 0. The molecule has 0 rings (SSSR count). The second-order valence-electron chi connectivity index (χ2n) is 2.21. The SMILES string of the molecule is [CH2]C(CC)CCC(=O)O. The molecular formula is C7H13O2. The predicted molar refractivity (Wildman–Crippen MR) is 36.0 cm³/mol. The minimum Gasteiger partial charge on any atom is -0.481 e. The molecule has 0 aromatic heterocycles. The molecule has 9 heavy (non-hydrogen) atoms. The molecule has 1 atom stereocenters. The lowest BCUT2D eigenvalue weighted by Crippen LogP contribution is -1.99. The molecule has 1 radical (unpaired) electrons. The molecule has 0 heterocycles. The van der Waals surface area contributed by atoms with Gasteiger partial charge in [0.1, 0.15) is 0 Å². The molecule has 0 aliphatic carbocycles. The molecule has 0 saturated carbocycles. The second-order valence-corrected chi connectivity index (χ2v) is 2.21. The molecule has 0 aliphatic heterocycles. The van der Waals surface area contributed by atoms with Gasteiger partial charge in [-0.25, -0.2) is 0 Å². The third-order valence-electron chi connectivity index (χ3n) is 1.34. The molecule has 53 valence electrons. The van der Waals surface area contributed by atoms with Crippen molar-refractivity contribution < 1.29 is 9.90 Å². The molecule has 1 N–H and O–H groups in total. The summed E-state index contributed by atoms with van der Waals surface area (Å²) in [5.74, 6) is -0.418. The molecule has 0 aromatic carbocycles. The second kappa shape index (κ2) is 4.36. The first-order valence-electron chi connectivity index (χ1n) is 3.21. The first kappa shape index (κ1) is 8.47. The van der Waals surface area contributed by atoms with Crippen LogP contribution in [0.5, 0.6) is 0 Å². The smallest absolute Gasteiger partial charge is 0.303 e. The van der Waals surface area contributed by atoms with Gasteiger partial charge in [0, 0.05) is 6.42 Å². The fourth-order valence-corrected chi connectivity index (χ4v) is 0.532. The molecule has 0 fully saturated rings. The summed E-state index contributed by atoms with van der Waals surface area (Å²) in [5, 5.41) is 8.23. The topological polar surface area (TPSA) is 37.3 Å². The Kier molecular flexibility index (Phi) is 4.10. The Labute approximate surface area is 55.9 Å². The fraction of sp³-hybridized carbons (Fsp3) is 0.714. The summed E-state index contributed by atoms with van der Waals surface area (Å²) in [6.45, 7) is 5.78. The van der Waals surface area contributed by atoms with E-state index in [1.54, 1.807) is 0 Å². The van der Waals surface area contributed by atoms with Crippen LogP contribution in [0.2, 0.25) is 0 Å². The molecule has 0 saturated heterocycles. The predicted octanol–water partition coefficient (Wildman–Crippen LogP) is 1.71. The van der Waals surface area contributed by atoms with E-state index in [4.69, 9.17) is 5.11 Å². The Morgan fingerprint density at radius 3 is 2.67 bits per heavy atom. The Balaban J connectivity index is 3.16. The zero-order valence-corrected chi connectivity index (χ0v) is 5.76. The number of hydrogen-bond acceptors (Lipinski definition) is 1. The van der Waals surface area contributed by atoms with E-state index < -0.39 is 5.97 Å². The van der Waals surface area contributed by atoms with Gasteiger partial charge in [-0.1, -0.05) is 20.3 Å². The summed E-state index contributed by atoms with van der Waals surface area (Å²) in [6, 6.07) is 0. The van der Waals surface area contributed by atoms with Crippen LogP contribution in [0.25, 0.3) is 0 Å². The summed E-state index contributed by atoms with van der Waals surface area (Å²) < 4.78 is 0. The summed E-state index contributed by atoms with van der Waals surface area (Å²) in [4.78, 5) is 9.99. The third-order valence-corrected chi connectivity index (χ3v) is 1.34. The highest BCUT2D eigenvalue weighted by molar-refractivity contribution is 5.66. The summed E-state index contributed by atoms with van der Waals surface area (Å²) in [6.07, 6.45) is 1.92. The number of hydrogen-bond donors (Lipinski definition) is 1. The van der Waals surface area contributed by atoms with Crippen LogP contribution < -0.4 is 0 Å². The first-order valence-corrected chi connectivity index (χ1v) is 3.21. The molecule has 0 spiro atoms. The van der Waals surface area contributed by atoms with Crippen molar-refractivity contribution >= 4 is 5.97 Å². The van der Waals surface area contributed by atoms with Crippen molar-refractivity contribution in [1.29, 1.82) is 0 Å². The van der Waals surface area contributed by atoms with Gasteiger partial charge in [-0.3, -0.25) is 4.79 Å². The van der Waals surface area contributed by atoms with Gasteiger partial charge in [-0.15, -0.1) is 0 Å². The zero-order valence-electron chi connectivity index (χ0n) is 5.76. The highest BCUT2D eigenvalue weighted by Crippen LogP contribution is 2.07. The number of carboxylic acid groups (broad SMARTS) is 1. The number of carboxylic acids is 1. The average Bonchev–Trinajstić information content (AvgIpc) is 1.83. The summed E-state index contributed by atoms with van der Waals surface area (Å²) in [7, 11) is 0. The van der Waals surface area contributed by atoms with E-state index in [1.165, 1.54) is 0 Å². The maximum Gasteiger partial charge on any atom is 0.303 e. The van der Waals surface area contributed by atoms with Gasteiger partial charge in [0.2, 0.25) is 0 Å². The molecule has 1 unspecified atom stereocenters. The highest BCUT2D eigenvalue weighted by atomic mass is 16.4. The normalized spacial score (nSPS) is 13.1. The Bertz CT molecular complexity index is 88.9. The lowest BCUT2D eigenvalue weighted by molar-refractivity contribution is -0.137. The zero-order chi connectivity index (χ0) is 7.28. The van der Waals surface area contributed by atoms with Gasteiger partial charge in [-0.05, 0) is 12.3 Å². The quantitative estimate of drug-likeness (QED) is 0.627. The van der Waals surface area contributed by atoms with E-state index in [-0.39, 0.29) is 6.42 Å². The maximum atomic E-state index is 9.99. The van der Waals surface area contributed by atoms with E-state index in [0.717, 1.165) is 6.42 Å². The average molecular weight is 129 g/mol. The van der Waals surface area contributed by atoms with E-state index in [1.807, 2.05) is 6.92 Å². The van der Waals surface area contributed by atoms with Crippen LogP contribution in [0.4, 0.5) is 0 Å². The maximum absolute atomic E-state index is 9.99. The first-order chi connectivity index (χ1) is 4.16. The van der Waals surface area contributed by atoms with Crippen molar-refractivity contribution in [2.45, 2.75) is 26.2 Å². The highest BCUT2D eigenvalue weighted by Gasteiger charge is 2.01. The number of rotatable bonds is 4. The van der Waals surface area contributed by atoms with Crippen LogP contribution in [0, 0.1) is 12.8 Å². The van der Waals surface area contributed by atoms with Gasteiger partial charge < -0.3 is 5.11 Å². The van der Waals surface area contributed by atoms with Crippen molar-refractivity contribution in [3.8, 4) is 0 Å². The third kappa shape index (κ3) is 5.34. The number of aliphatic carboxylic acids is 1. The van der Waals surface area contributed by atoms with E-state index in [0.29, 0.717) is 12.3 Å². The molecule has 0 amide bonds. The van der Waals surface area contributed by atoms with Crippen LogP contribution >= 0.6 is 0 Å². The summed E-state index contributed by atoms with van der Waals surface area (Å²) >= 11 is 0.